The summed E-state index contributed by atoms with van der Waals surface area (Å²) < 4.78 is 10.1. The fourth-order valence-electron chi connectivity index (χ4n) is 1.86. The molecule has 0 saturated carbocycles. The third-order valence-electron chi connectivity index (χ3n) is 3.16. The number of urea groups is 1. The Kier molecular flexibility index (Phi) is 6.91. The van der Waals surface area contributed by atoms with E-state index in [2.05, 4.69) is 5.32 Å². The van der Waals surface area contributed by atoms with Crippen molar-refractivity contribution in [2.45, 2.75) is 26.4 Å². The molecule has 0 aliphatic carbocycles. The standard InChI is InChI=1S/C16H20N2O6/c1-9(19)11-5-6-13(23-4)12(7-11)8-14(20)24-10(2)15(21)18-16(22)17-3/h5-7,10H,8H2,1-4H3,(H2,17,18,21,22)/t10-/m0/s1. The number of nitrogens with one attached hydrogen (secondary N) is 2. The van der Waals surface area contributed by atoms with E-state index >= 15 is 0 Å². The lowest BCUT2D eigenvalue weighted by Crippen LogP contribution is -2.43. The first-order valence-electron chi connectivity index (χ1n) is 7.18. The lowest BCUT2D eigenvalue weighted by molar-refractivity contribution is -0.153. The average molecular weight is 336 g/mol. The van der Waals surface area contributed by atoms with Gasteiger partial charge in [0.25, 0.3) is 5.91 Å². The van der Waals surface area contributed by atoms with Gasteiger partial charge in [-0.25, -0.2) is 4.79 Å². The van der Waals surface area contributed by atoms with Crippen molar-refractivity contribution >= 4 is 23.7 Å². The normalized spacial score (nSPS) is 11.2. The number of ether oxygens (including phenoxy) is 2. The molecule has 0 spiro atoms. The average Bonchev–Trinajstić information content (AvgIpc) is 2.54. The van der Waals surface area contributed by atoms with Gasteiger partial charge in [-0.3, -0.25) is 19.7 Å². The van der Waals surface area contributed by atoms with Crippen LogP contribution in [0.15, 0.2) is 18.2 Å². The number of amides is 3. The number of carbonyl (C=O) groups excluding carboxylic acids is 4. The molecule has 1 atom stereocenters. The van der Waals surface area contributed by atoms with Gasteiger partial charge in [0, 0.05) is 18.2 Å². The predicted octanol–water partition coefficient (Wildman–Crippen LogP) is 0.828. The van der Waals surface area contributed by atoms with Gasteiger partial charge in [-0.05, 0) is 32.0 Å². The molecule has 0 aromatic heterocycles. The molecule has 8 heteroatoms. The van der Waals surface area contributed by atoms with Crippen molar-refractivity contribution in [3.8, 4) is 5.75 Å². The van der Waals surface area contributed by atoms with Crippen molar-refractivity contribution in [1.29, 1.82) is 0 Å². The van der Waals surface area contributed by atoms with Crippen LogP contribution in [0.25, 0.3) is 0 Å². The van der Waals surface area contributed by atoms with E-state index in [1.807, 2.05) is 5.32 Å². The van der Waals surface area contributed by atoms with Gasteiger partial charge >= 0.3 is 12.0 Å². The molecule has 0 radical (unpaired) electrons. The maximum absolute atomic E-state index is 12.0. The Labute approximate surface area is 139 Å². The minimum atomic E-state index is -1.14. The molecule has 1 rings (SSSR count). The molecule has 8 nitrogen and oxygen atoms in total. The molecule has 3 amide bonds. The fourth-order valence-corrected chi connectivity index (χ4v) is 1.86. The van der Waals surface area contributed by atoms with Crippen LogP contribution in [0.3, 0.4) is 0 Å². The molecule has 0 bridgehead atoms. The predicted molar refractivity (Wildman–Crippen MR) is 84.9 cm³/mol. The number of hydrogen-bond acceptors (Lipinski definition) is 6. The molecular formula is C16H20N2O6. The smallest absolute Gasteiger partial charge is 0.321 e. The molecule has 0 heterocycles. The summed E-state index contributed by atoms with van der Waals surface area (Å²) in [5, 5.41) is 4.23. The zero-order valence-corrected chi connectivity index (χ0v) is 14.0. The minimum Gasteiger partial charge on any atom is -0.496 e. The van der Waals surface area contributed by atoms with Crippen LogP contribution in [0.4, 0.5) is 4.79 Å². The molecule has 2 N–H and O–H groups in total. The van der Waals surface area contributed by atoms with Gasteiger partial charge in [0.2, 0.25) is 0 Å². The molecule has 1 aromatic rings. The van der Waals surface area contributed by atoms with Gasteiger partial charge in [-0.1, -0.05) is 0 Å². The number of carbonyl (C=O) groups is 4. The molecule has 24 heavy (non-hydrogen) atoms. The second-order valence-electron chi connectivity index (χ2n) is 4.96. The van der Waals surface area contributed by atoms with Crippen LogP contribution in [0.2, 0.25) is 0 Å². The van der Waals surface area contributed by atoms with Crippen molar-refractivity contribution in [2.75, 3.05) is 14.2 Å². The van der Waals surface area contributed by atoms with Gasteiger partial charge in [0.15, 0.2) is 11.9 Å². The monoisotopic (exact) mass is 336 g/mol. The summed E-state index contributed by atoms with van der Waals surface area (Å²) in [7, 11) is 2.80. The Morgan fingerprint density at radius 1 is 1.21 bits per heavy atom. The van der Waals surface area contributed by atoms with E-state index in [1.165, 1.54) is 34.1 Å². The fraction of sp³-hybridized carbons (Fsp3) is 0.375. The zero-order valence-electron chi connectivity index (χ0n) is 14.0. The summed E-state index contributed by atoms with van der Waals surface area (Å²) >= 11 is 0. The molecule has 0 fully saturated rings. The summed E-state index contributed by atoms with van der Waals surface area (Å²) in [4.78, 5) is 46.1. The highest BCUT2D eigenvalue weighted by molar-refractivity contribution is 5.97. The van der Waals surface area contributed by atoms with Crippen LogP contribution in [0.5, 0.6) is 5.75 Å². The van der Waals surface area contributed by atoms with E-state index < -0.39 is 24.0 Å². The molecule has 0 saturated heterocycles. The molecule has 0 unspecified atom stereocenters. The first kappa shape index (κ1) is 19.1. The summed E-state index contributed by atoms with van der Waals surface area (Å²) in [5.74, 6) is -1.15. The first-order valence-corrected chi connectivity index (χ1v) is 7.18. The maximum atomic E-state index is 12.0. The molecule has 0 aliphatic heterocycles. The third-order valence-corrected chi connectivity index (χ3v) is 3.16. The summed E-state index contributed by atoms with van der Waals surface area (Å²) in [5.41, 5.74) is 0.901. The van der Waals surface area contributed by atoms with Gasteiger partial charge in [-0.15, -0.1) is 0 Å². The topological polar surface area (TPSA) is 111 Å². The molecule has 130 valence electrons. The van der Waals surface area contributed by atoms with Crippen molar-refractivity contribution in [2.24, 2.45) is 0 Å². The first-order chi connectivity index (χ1) is 11.3. The highest BCUT2D eigenvalue weighted by Gasteiger charge is 2.20. The molecule has 1 aromatic carbocycles. The molecule has 0 aliphatic rings. The van der Waals surface area contributed by atoms with Gasteiger partial charge in [0.1, 0.15) is 5.75 Å². The Balaban J connectivity index is 2.77. The SMILES string of the molecule is CNC(=O)NC(=O)[C@H](C)OC(=O)Cc1cc(C(C)=O)ccc1OC. The highest BCUT2D eigenvalue weighted by atomic mass is 16.5. The van der Waals surface area contributed by atoms with E-state index in [0.717, 1.165) is 0 Å². The third kappa shape index (κ3) is 5.38. The van der Waals surface area contributed by atoms with Crippen molar-refractivity contribution in [3.05, 3.63) is 29.3 Å². The van der Waals surface area contributed by atoms with Crippen LogP contribution in [0.1, 0.15) is 29.8 Å². The van der Waals surface area contributed by atoms with Crippen molar-refractivity contribution in [3.63, 3.8) is 0 Å². The van der Waals surface area contributed by atoms with Gasteiger partial charge in [-0.2, -0.15) is 0 Å². The van der Waals surface area contributed by atoms with Crippen molar-refractivity contribution < 1.29 is 28.7 Å². The number of methoxy groups -OCH3 is 1. The Morgan fingerprint density at radius 2 is 1.88 bits per heavy atom. The van der Waals surface area contributed by atoms with E-state index in [4.69, 9.17) is 9.47 Å². The van der Waals surface area contributed by atoms with Crippen LogP contribution in [-0.4, -0.2) is 44.0 Å². The zero-order chi connectivity index (χ0) is 18.3. The Bertz CT molecular complexity index is 656. The van der Waals surface area contributed by atoms with Crippen LogP contribution in [0, 0.1) is 0 Å². The van der Waals surface area contributed by atoms with Crippen molar-refractivity contribution in [1.82, 2.24) is 10.6 Å². The summed E-state index contributed by atoms with van der Waals surface area (Å²) in [6.45, 7) is 2.76. The quantitative estimate of drug-likeness (QED) is 0.588. The highest BCUT2D eigenvalue weighted by Crippen LogP contribution is 2.21. The summed E-state index contributed by atoms with van der Waals surface area (Å²) in [6.07, 6.45) is -1.32. The number of benzene rings is 1. The Morgan fingerprint density at radius 3 is 2.42 bits per heavy atom. The number of Topliss-reactive ketones (excluding diaryl/α,β-unsaturated/α-hetero) is 1. The van der Waals surface area contributed by atoms with E-state index in [9.17, 15) is 19.2 Å². The second-order valence-corrected chi connectivity index (χ2v) is 4.96. The number of rotatable bonds is 6. The van der Waals surface area contributed by atoms with Crippen LogP contribution < -0.4 is 15.4 Å². The van der Waals surface area contributed by atoms with Gasteiger partial charge in [0.05, 0.1) is 13.5 Å². The summed E-state index contributed by atoms with van der Waals surface area (Å²) in [6, 6.07) is 4.02. The largest absolute Gasteiger partial charge is 0.496 e. The van der Waals surface area contributed by atoms with Crippen LogP contribution in [-0.2, 0) is 20.7 Å². The lowest BCUT2D eigenvalue weighted by atomic mass is 10.0. The van der Waals surface area contributed by atoms with Gasteiger partial charge < -0.3 is 14.8 Å². The molecular weight excluding hydrogens is 316 g/mol. The Hall–Kier alpha value is -2.90. The number of ketones is 1. The van der Waals surface area contributed by atoms with Crippen LogP contribution >= 0.6 is 0 Å². The minimum absolute atomic E-state index is 0.148. The number of imide groups is 1. The number of esters is 1. The van der Waals surface area contributed by atoms with E-state index in [0.29, 0.717) is 16.9 Å². The maximum Gasteiger partial charge on any atom is 0.321 e. The van der Waals surface area contributed by atoms with E-state index in [1.54, 1.807) is 12.1 Å². The lowest BCUT2D eigenvalue weighted by Gasteiger charge is -2.14. The van der Waals surface area contributed by atoms with E-state index in [-0.39, 0.29) is 12.2 Å². The second kappa shape index (κ2) is 8.66. The number of hydrogen-bond donors (Lipinski definition) is 2.